The van der Waals surface area contributed by atoms with Gasteiger partial charge in [0.15, 0.2) is 0 Å². The standard InChI is InChI=1S/C36H73NO3.C13H26O/c1-6-10-20-26-34(27-21-11-7-2)32-36(38)40-31-25-19-15-13-17-23-29-35(33-37(8-3)9-4)28-22-16-12-14-18-24-30-39-5;1-3-5-7-9-13(11-12-14)10-8-6-4-2/h34-35H,6-33H2,1-5H3;12-13H,3-11H2,1-2H3. The smallest absolute Gasteiger partial charge is 0.306 e. The summed E-state index contributed by atoms with van der Waals surface area (Å²) in [5, 5.41) is 0. The van der Waals surface area contributed by atoms with Crippen molar-refractivity contribution in [2.24, 2.45) is 17.8 Å². The van der Waals surface area contributed by atoms with E-state index in [0.717, 1.165) is 31.7 Å². The van der Waals surface area contributed by atoms with Crippen LogP contribution >= 0.6 is 0 Å². The second-order valence-electron chi connectivity index (χ2n) is 16.7. The number of methoxy groups -OCH3 is 1. The third-order valence-corrected chi connectivity index (χ3v) is 11.6. The van der Waals surface area contributed by atoms with Gasteiger partial charge in [-0.05, 0) is 69.4 Å². The molecule has 0 aliphatic rings. The highest BCUT2D eigenvalue weighted by Crippen LogP contribution is 2.23. The van der Waals surface area contributed by atoms with Crippen LogP contribution in [-0.4, -0.2) is 57.1 Å². The first-order chi connectivity index (χ1) is 26.4. The van der Waals surface area contributed by atoms with E-state index in [-0.39, 0.29) is 5.97 Å². The molecule has 0 saturated heterocycles. The summed E-state index contributed by atoms with van der Waals surface area (Å²) >= 11 is 0. The van der Waals surface area contributed by atoms with Crippen LogP contribution < -0.4 is 0 Å². The quantitative estimate of drug-likeness (QED) is 0.0352. The highest BCUT2D eigenvalue weighted by atomic mass is 16.5. The summed E-state index contributed by atoms with van der Waals surface area (Å²) in [5.41, 5.74) is 0. The molecule has 1 unspecified atom stereocenters. The number of hydrogen-bond acceptors (Lipinski definition) is 5. The number of ether oxygens (including phenoxy) is 2. The van der Waals surface area contributed by atoms with E-state index in [1.807, 2.05) is 0 Å². The fourth-order valence-electron chi connectivity index (χ4n) is 7.88. The predicted octanol–water partition coefficient (Wildman–Crippen LogP) is 15.1. The molecule has 0 fully saturated rings. The molecule has 0 saturated carbocycles. The van der Waals surface area contributed by atoms with E-state index in [4.69, 9.17) is 9.47 Å². The van der Waals surface area contributed by atoms with Crippen LogP contribution in [0.5, 0.6) is 0 Å². The van der Waals surface area contributed by atoms with Crippen molar-refractivity contribution in [2.75, 3.05) is 40.0 Å². The van der Waals surface area contributed by atoms with Crippen molar-refractivity contribution < 1.29 is 19.1 Å². The first-order valence-electron chi connectivity index (χ1n) is 24.3. The zero-order chi connectivity index (χ0) is 40.2. The van der Waals surface area contributed by atoms with Gasteiger partial charge in [-0.1, -0.05) is 196 Å². The van der Waals surface area contributed by atoms with Crippen LogP contribution in [0.25, 0.3) is 0 Å². The number of aldehydes is 1. The summed E-state index contributed by atoms with van der Waals surface area (Å²) in [6, 6.07) is 0. The van der Waals surface area contributed by atoms with Crippen molar-refractivity contribution in [3.05, 3.63) is 0 Å². The minimum atomic E-state index is 0.0448. The maximum absolute atomic E-state index is 12.4. The Morgan fingerprint density at radius 2 is 0.852 bits per heavy atom. The fraction of sp³-hybridized carbons (Fsp3) is 0.959. The first-order valence-corrected chi connectivity index (χ1v) is 24.3. The molecule has 0 aromatic heterocycles. The van der Waals surface area contributed by atoms with E-state index < -0.39 is 0 Å². The molecule has 0 radical (unpaired) electrons. The van der Waals surface area contributed by atoms with E-state index in [1.54, 1.807) is 7.11 Å². The SMILES string of the molecule is CCCCCC(CC=O)CCCCC.CCCCCC(CCCCC)CC(=O)OCCCCCCCCC(CCCCCCCCOC)CN(CC)CC. The topological polar surface area (TPSA) is 55.8 Å². The zero-order valence-electron chi connectivity index (χ0n) is 38.1. The predicted molar refractivity (Wildman–Crippen MR) is 238 cm³/mol. The van der Waals surface area contributed by atoms with Crippen LogP contribution in [0.15, 0.2) is 0 Å². The Kier molecular flexibility index (Phi) is 47.4. The maximum atomic E-state index is 12.4. The van der Waals surface area contributed by atoms with E-state index in [0.29, 0.717) is 24.9 Å². The summed E-state index contributed by atoms with van der Waals surface area (Å²) in [6.45, 7) is 18.7. The van der Waals surface area contributed by atoms with Crippen molar-refractivity contribution in [3.8, 4) is 0 Å². The average Bonchev–Trinajstić information content (AvgIpc) is 3.17. The Labute approximate surface area is 340 Å². The Morgan fingerprint density at radius 1 is 0.481 bits per heavy atom. The molecular weight excluding hydrogens is 667 g/mol. The van der Waals surface area contributed by atoms with Crippen LogP contribution in [-0.2, 0) is 19.1 Å². The number of carbonyl (C=O) groups is 2. The molecule has 0 aromatic carbocycles. The summed E-state index contributed by atoms with van der Waals surface area (Å²) in [5.74, 6) is 2.11. The normalized spacial score (nSPS) is 12.0. The number of unbranched alkanes of at least 4 members (excludes halogenated alkanes) is 18. The molecule has 5 heteroatoms. The Hall–Kier alpha value is -0.940. The molecule has 0 amide bonds. The number of nitrogens with zero attached hydrogens (tertiary/aromatic N) is 1. The van der Waals surface area contributed by atoms with Crippen molar-refractivity contribution in [1.29, 1.82) is 0 Å². The lowest BCUT2D eigenvalue weighted by atomic mass is 9.92. The van der Waals surface area contributed by atoms with E-state index in [2.05, 4.69) is 46.4 Å². The van der Waals surface area contributed by atoms with Gasteiger partial charge in [-0.25, -0.2) is 0 Å². The summed E-state index contributed by atoms with van der Waals surface area (Å²) in [6.07, 6.45) is 41.2. The number of rotatable bonds is 42. The van der Waals surface area contributed by atoms with Gasteiger partial charge in [-0.2, -0.15) is 0 Å². The minimum absolute atomic E-state index is 0.0448. The molecule has 5 nitrogen and oxygen atoms in total. The third kappa shape index (κ3) is 40.7. The molecule has 0 aliphatic heterocycles. The molecular formula is C49H99NO4. The van der Waals surface area contributed by atoms with Crippen LogP contribution in [0.4, 0.5) is 0 Å². The molecule has 0 rings (SSSR count). The summed E-state index contributed by atoms with van der Waals surface area (Å²) in [7, 11) is 1.80. The van der Waals surface area contributed by atoms with Crippen molar-refractivity contribution in [1.82, 2.24) is 4.90 Å². The second-order valence-corrected chi connectivity index (χ2v) is 16.7. The second kappa shape index (κ2) is 46.4. The zero-order valence-corrected chi connectivity index (χ0v) is 38.1. The first kappa shape index (κ1) is 55.2. The van der Waals surface area contributed by atoms with Gasteiger partial charge in [0.1, 0.15) is 6.29 Å². The molecule has 0 heterocycles. The van der Waals surface area contributed by atoms with Crippen molar-refractivity contribution >= 4 is 12.3 Å². The van der Waals surface area contributed by atoms with Gasteiger partial charge in [-0.15, -0.1) is 0 Å². The maximum Gasteiger partial charge on any atom is 0.306 e. The monoisotopic (exact) mass is 766 g/mol. The van der Waals surface area contributed by atoms with Crippen LogP contribution in [0.3, 0.4) is 0 Å². The van der Waals surface area contributed by atoms with Gasteiger partial charge in [0.2, 0.25) is 0 Å². The molecule has 1 atom stereocenters. The van der Waals surface area contributed by atoms with Crippen molar-refractivity contribution in [3.63, 3.8) is 0 Å². The minimum Gasteiger partial charge on any atom is -0.466 e. The third-order valence-electron chi connectivity index (χ3n) is 11.6. The molecule has 0 bridgehead atoms. The average molecular weight is 766 g/mol. The van der Waals surface area contributed by atoms with Gasteiger partial charge in [0.05, 0.1) is 6.61 Å². The molecule has 0 aliphatic carbocycles. The van der Waals surface area contributed by atoms with Gasteiger partial charge >= 0.3 is 5.97 Å². The lowest BCUT2D eigenvalue weighted by Gasteiger charge is -2.25. The Balaban J connectivity index is 0. The van der Waals surface area contributed by atoms with Crippen LogP contribution in [0.1, 0.15) is 247 Å². The van der Waals surface area contributed by atoms with Gasteiger partial charge in [-0.3, -0.25) is 4.79 Å². The van der Waals surface area contributed by atoms with Gasteiger partial charge in [0, 0.05) is 33.1 Å². The number of carbonyl (C=O) groups excluding carboxylic acids is 2. The fourth-order valence-corrected chi connectivity index (χ4v) is 7.88. The molecule has 0 spiro atoms. The van der Waals surface area contributed by atoms with Crippen molar-refractivity contribution in [2.45, 2.75) is 247 Å². The summed E-state index contributed by atoms with van der Waals surface area (Å²) in [4.78, 5) is 25.5. The largest absolute Gasteiger partial charge is 0.466 e. The van der Waals surface area contributed by atoms with E-state index in [9.17, 15) is 9.59 Å². The molecule has 0 aromatic rings. The molecule has 324 valence electrons. The van der Waals surface area contributed by atoms with E-state index in [1.165, 1.54) is 206 Å². The van der Waals surface area contributed by atoms with Crippen LogP contribution in [0, 0.1) is 17.8 Å². The summed E-state index contributed by atoms with van der Waals surface area (Å²) < 4.78 is 10.8. The highest BCUT2D eigenvalue weighted by molar-refractivity contribution is 5.69. The molecule has 54 heavy (non-hydrogen) atoms. The number of esters is 1. The van der Waals surface area contributed by atoms with Gasteiger partial charge < -0.3 is 19.2 Å². The lowest BCUT2D eigenvalue weighted by Crippen LogP contribution is -2.29. The van der Waals surface area contributed by atoms with Crippen LogP contribution in [0.2, 0.25) is 0 Å². The van der Waals surface area contributed by atoms with E-state index >= 15 is 0 Å². The highest BCUT2D eigenvalue weighted by Gasteiger charge is 2.15. The molecule has 0 N–H and O–H groups in total. The lowest BCUT2D eigenvalue weighted by molar-refractivity contribution is -0.145. The Morgan fingerprint density at radius 3 is 1.26 bits per heavy atom. The Bertz CT molecular complexity index is 706. The number of hydrogen-bond donors (Lipinski definition) is 0. The van der Waals surface area contributed by atoms with Gasteiger partial charge in [0.25, 0.3) is 0 Å².